The van der Waals surface area contributed by atoms with E-state index in [1.807, 2.05) is 6.92 Å². The van der Waals surface area contributed by atoms with Crippen LogP contribution in [0.5, 0.6) is 0 Å². The van der Waals surface area contributed by atoms with E-state index in [0.717, 1.165) is 5.69 Å². The zero-order valence-corrected chi connectivity index (χ0v) is 12.4. The Bertz CT molecular complexity index is 699. The quantitative estimate of drug-likeness (QED) is 0.924. The van der Waals surface area contributed by atoms with Crippen molar-refractivity contribution in [2.75, 3.05) is 7.05 Å². The first-order valence-electron chi connectivity index (χ1n) is 6.38. The van der Waals surface area contributed by atoms with Gasteiger partial charge in [0.15, 0.2) is 0 Å². The predicted octanol–water partition coefficient (Wildman–Crippen LogP) is 1.60. The van der Waals surface area contributed by atoms with Crippen LogP contribution < -0.4 is 0 Å². The van der Waals surface area contributed by atoms with Gasteiger partial charge < -0.3 is 14.4 Å². The van der Waals surface area contributed by atoms with Crippen molar-refractivity contribution in [1.82, 2.24) is 14.7 Å². The second-order valence-electron chi connectivity index (χ2n) is 4.92. The van der Waals surface area contributed by atoms with E-state index >= 15 is 0 Å². The fraction of sp³-hybridized carbons (Fsp3) is 0.357. The summed E-state index contributed by atoms with van der Waals surface area (Å²) in [6, 6.07) is 1.44. The Hall–Kier alpha value is -2.57. The number of rotatable bonds is 4. The number of carbonyl (C=O) groups is 2. The molecule has 7 heteroatoms. The summed E-state index contributed by atoms with van der Waals surface area (Å²) in [6.07, 6.45) is 1.52. The summed E-state index contributed by atoms with van der Waals surface area (Å²) in [5.74, 6) is -0.468. The van der Waals surface area contributed by atoms with E-state index in [-0.39, 0.29) is 18.0 Å². The lowest BCUT2D eigenvalue weighted by Gasteiger charge is -2.15. The minimum Gasteiger partial charge on any atom is -0.478 e. The second kappa shape index (κ2) is 5.43. The molecule has 1 N–H and O–H groups in total. The molecule has 1 amide bonds. The van der Waals surface area contributed by atoms with Crippen LogP contribution in [0.4, 0.5) is 0 Å². The highest BCUT2D eigenvalue weighted by Gasteiger charge is 2.20. The first-order valence-corrected chi connectivity index (χ1v) is 6.38. The molecule has 0 aliphatic carbocycles. The number of hydrogen-bond acceptors (Lipinski definition) is 4. The molecular weight excluding hydrogens is 274 g/mol. The molecular formula is C14H17N3O4. The summed E-state index contributed by atoms with van der Waals surface area (Å²) in [5, 5.41) is 13.0. The Kier molecular flexibility index (Phi) is 3.84. The van der Waals surface area contributed by atoms with Crippen LogP contribution in [0.25, 0.3) is 0 Å². The van der Waals surface area contributed by atoms with Gasteiger partial charge in [0.05, 0.1) is 18.3 Å². The molecule has 0 saturated carbocycles. The first-order chi connectivity index (χ1) is 9.81. The van der Waals surface area contributed by atoms with Crippen LogP contribution >= 0.6 is 0 Å². The van der Waals surface area contributed by atoms with E-state index in [2.05, 4.69) is 5.10 Å². The van der Waals surface area contributed by atoms with E-state index in [1.165, 1.54) is 17.2 Å². The molecule has 0 saturated heterocycles. The molecule has 2 aromatic rings. The zero-order valence-electron chi connectivity index (χ0n) is 12.4. The SMILES string of the molecule is Cc1oc(CN(C)C(=O)c2cnn(C)c2C)cc1C(=O)O. The summed E-state index contributed by atoms with van der Waals surface area (Å²) in [5.41, 5.74) is 1.40. The van der Waals surface area contributed by atoms with E-state index in [9.17, 15) is 9.59 Å². The average molecular weight is 291 g/mol. The summed E-state index contributed by atoms with van der Waals surface area (Å²) < 4.78 is 7.00. The molecule has 7 nitrogen and oxygen atoms in total. The molecule has 2 heterocycles. The highest BCUT2D eigenvalue weighted by atomic mass is 16.4. The van der Waals surface area contributed by atoms with Crippen molar-refractivity contribution >= 4 is 11.9 Å². The number of furan rings is 1. The van der Waals surface area contributed by atoms with Gasteiger partial charge in [-0.25, -0.2) is 4.79 Å². The highest BCUT2D eigenvalue weighted by Crippen LogP contribution is 2.17. The molecule has 0 fully saturated rings. The average Bonchev–Trinajstić information content (AvgIpc) is 2.93. The van der Waals surface area contributed by atoms with Gasteiger partial charge in [0.1, 0.15) is 17.1 Å². The lowest BCUT2D eigenvalue weighted by atomic mass is 10.2. The molecule has 2 aromatic heterocycles. The maximum atomic E-state index is 12.3. The van der Waals surface area contributed by atoms with Crippen molar-refractivity contribution in [1.29, 1.82) is 0 Å². The molecule has 2 rings (SSSR count). The van der Waals surface area contributed by atoms with Gasteiger partial charge >= 0.3 is 5.97 Å². The second-order valence-corrected chi connectivity index (χ2v) is 4.92. The first kappa shape index (κ1) is 14.8. The van der Waals surface area contributed by atoms with Gasteiger partial charge in [0.2, 0.25) is 0 Å². The number of aromatic nitrogens is 2. The van der Waals surface area contributed by atoms with Gasteiger partial charge in [-0.05, 0) is 19.9 Å². The van der Waals surface area contributed by atoms with Crippen LogP contribution in [-0.4, -0.2) is 38.7 Å². The van der Waals surface area contributed by atoms with Crippen LogP contribution in [0, 0.1) is 13.8 Å². The molecule has 0 spiro atoms. The number of carboxylic acid groups (broad SMARTS) is 1. The molecule has 0 atom stereocenters. The van der Waals surface area contributed by atoms with Crippen molar-refractivity contribution in [3.63, 3.8) is 0 Å². The van der Waals surface area contributed by atoms with Gasteiger partial charge in [-0.15, -0.1) is 0 Å². The van der Waals surface area contributed by atoms with E-state index in [4.69, 9.17) is 9.52 Å². The van der Waals surface area contributed by atoms with Crippen molar-refractivity contribution in [2.45, 2.75) is 20.4 Å². The number of aromatic carboxylic acids is 1. The third kappa shape index (κ3) is 2.81. The summed E-state index contributed by atoms with van der Waals surface area (Å²) in [4.78, 5) is 24.8. The normalized spacial score (nSPS) is 10.7. The Morgan fingerprint density at radius 2 is 2.05 bits per heavy atom. The molecule has 0 radical (unpaired) electrons. The molecule has 0 bridgehead atoms. The van der Waals surface area contributed by atoms with Gasteiger partial charge in [0.25, 0.3) is 5.91 Å². The van der Waals surface area contributed by atoms with Gasteiger partial charge in [-0.1, -0.05) is 0 Å². The van der Waals surface area contributed by atoms with Gasteiger partial charge in [-0.3, -0.25) is 9.48 Å². The Balaban J connectivity index is 2.16. The minimum absolute atomic E-state index is 0.114. The van der Waals surface area contributed by atoms with Crippen LogP contribution in [0.15, 0.2) is 16.7 Å². The Morgan fingerprint density at radius 1 is 1.38 bits per heavy atom. The smallest absolute Gasteiger partial charge is 0.339 e. The van der Waals surface area contributed by atoms with Crippen molar-refractivity contribution in [2.24, 2.45) is 7.05 Å². The Labute approximate surface area is 121 Å². The predicted molar refractivity (Wildman–Crippen MR) is 74.1 cm³/mol. The summed E-state index contributed by atoms with van der Waals surface area (Å²) in [7, 11) is 3.40. The van der Waals surface area contributed by atoms with Gasteiger partial charge in [-0.2, -0.15) is 5.10 Å². The fourth-order valence-electron chi connectivity index (χ4n) is 2.05. The van der Waals surface area contributed by atoms with Crippen LogP contribution in [-0.2, 0) is 13.6 Å². The number of amides is 1. The topological polar surface area (TPSA) is 88.6 Å². The standard InChI is InChI=1S/C14H17N3O4/c1-8-12(6-15-17(8)4)13(18)16(3)7-10-5-11(14(19)20)9(2)21-10/h5-6H,7H2,1-4H3,(H,19,20). The lowest BCUT2D eigenvalue weighted by molar-refractivity contribution is 0.0694. The number of carbonyl (C=O) groups excluding carboxylic acids is 1. The molecule has 0 aliphatic heterocycles. The maximum Gasteiger partial charge on any atom is 0.339 e. The molecule has 21 heavy (non-hydrogen) atoms. The van der Waals surface area contributed by atoms with Gasteiger partial charge in [0, 0.05) is 19.8 Å². The van der Waals surface area contributed by atoms with E-state index in [0.29, 0.717) is 17.1 Å². The number of aryl methyl sites for hydroxylation is 2. The summed E-state index contributed by atoms with van der Waals surface area (Å²) in [6.45, 7) is 3.59. The maximum absolute atomic E-state index is 12.3. The van der Waals surface area contributed by atoms with Crippen molar-refractivity contribution in [3.05, 3.63) is 40.6 Å². The van der Waals surface area contributed by atoms with Crippen LogP contribution in [0.2, 0.25) is 0 Å². The van der Waals surface area contributed by atoms with Crippen molar-refractivity contribution in [3.8, 4) is 0 Å². The fourth-order valence-corrected chi connectivity index (χ4v) is 2.05. The summed E-state index contributed by atoms with van der Waals surface area (Å²) >= 11 is 0. The van der Waals surface area contributed by atoms with E-state index < -0.39 is 5.97 Å². The monoisotopic (exact) mass is 291 g/mol. The third-order valence-corrected chi connectivity index (χ3v) is 3.40. The Morgan fingerprint density at radius 3 is 2.52 bits per heavy atom. The number of hydrogen-bond donors (Lipinski definition) is 1. The van der Waals surface area contributed by atoms with Crippen LogP contribution in [0.3, 0.4) is 0 Å². The van der Waals surface area contributed by atoms with Crippen LogP contribution in [0.1, 0.15) is 37.9 Å². The molecule has 0 aliphatic rings. The molecule has 112 valence electrons. The van der Waals surface area contributed by atoms with Crippen molar-refractivity contribution < 1.29 is 19.1 Å². The molecule has 0 aromatic carbocycles. The largest absolute Gasteiger partial charge is 0.478 e. The zero-order chi connectivity index (χ0) is 15.7. The van der Waals surface area contributed by atoms with E-state index in [1.54, 1.807) is 25.7 Å². The minimum atomic E-state index is -1.04. The molecule has 0 unspecified atom stereocenters. The number of nitrogens with zero attached hydrogens (tertiary/aromatic N) is 3. The lowest BCUT2D eigenvalue weighted by Crippen LogP contribution is -2.26. The number of carboxylic acids is 1. The third-order valence-electron chi connectivity index (χ3n) is 3.40. The highest BCUT2D eigenvalue weighted by molar-refractivity contribution is 5.95.